The van der Waals surface area contributed by atoms with Gasteiger partial charge in [0.05, 0.1) is 26.0 Å². The van der Waals surface area contributed by atoms with Crippen LogP contribution in [0.25, 0.3) is 11.5 Å². The molecule has 142 valence electrons. The average molecular weight is 388 g/mol. The maximum atomic E-state index is 12.2. The van der Waals surface area contributed by atoms with Gasteiger partial charge in [0.2, 0.25) is 11.8 Å². The Balaban J connectivity index is 1.63. The number of hydrogen-bond acceptors (Lipinski definition) is 8. The van der Waals surface area contributed by atoms with Crippen LogP contribution in [-0.2, 0) is 4.79 Å². The summed E-state index contributed by atoms with van der Waals surface area (Å²) >= 11 is 1.12. The minimum atomic E-state index is -0.811. The summed E-state index contributed by atoms with van der Waals surface area (Å²) in [4.78, 5) is 12.2. The van der Waals surface area contributed by atoms with Gasteiger partial charge in [0.1, 0.15) is 17.0 Å². The fourth-order valence-electron chi connectivity index (χ4n) is 2.65. The van der Waals surface area contributed by atoms with Crippen molar-refractivity contribution >= 4 is 17.7 Å². The van der Waals surface area contributed by atoms with Gasteiger partial charge in [-0.25, -0.2) is 0 Å². The van der Waals surface area contributed by atoms with Gasteiger partial charge in [0.15, 0.2) is 0 Å². The highest BCUT2D eigenvalue weighted by Gasteiger charge is 2.42. The van der Waals surface area contributed by atoms with Crippen LogP contribution in [0.15, 0.2) is 27.8 Å². The highest BCUT2D eigenvalue weighted by Crippen LogP contribution is 2.39. The Kier molecular flexibility index (Phi) is 5.56. The van der Waals surface area contributed by atoms with Crippen molar-refractivity contribution < 1.29 is 18.7 Å². The lowest BCUT2D eigenvalue weighted by atomic mass is 9.98. The molecule has 1 fully saturated rings. The number of aromatic nitrogens is 2. The van der Waals surface area contributed by atoms with E-state index in [-0.39, 0.29) is 22.8 Å². The molecule has 1 aromatic heterocycles. The average Bonchev–Trinajstić information content (AvgIpc) is 3.44. The van der Waals surface area contributed by atoms with Crippen molar-refractivity contribution in [3.8, 4) is 29.0 Å². The van der Waals surface area contributed by atoms with Gasteiger partial charge in [0, 0.05) is 11.6 Å². The number of ether oxygens (including phenoxy) is 2. The number of benzene rings is 1. The molecule has 0 spiro atoms. The first kappa shape index (κ1) is 19.0. The first-order chi connectivity index (χ1) is 13.0. The maximum absolute atomic E-state index is 12.2. The molecule has 3 rings (SSSR count). The number of amides is 1. The number of carbonyl (C=O) groups excluding carboxylic acids is 1. The van der Waals surface area contributed by atoms with Crippen molar-refractivity contribution in [3.05, 3.63) is 18.2 Å². The third kappa shape index (κ3) is 4.52. The summed E-state index contributed by atoms with van der Waals surface area (Å²) in [5.41, 5.74) is -0.157. The number of nitriles is 1. The van der Waals surface area contributed by atoms with Crippen LogP contribution in [0.3, 0.4) is 0 Å². The summed E-state index contributed by atoms with van der Waals surface area (Å²) < 4.78 is 16.1. The molecule has 1 amide bonds. The number of nitrogens with zero attached hydrogens (tertiary/aromatic N) is 3. The van der Waals surface area contributed by atoms with E-state index in [4.69, 9.17) is 13.9 Å². The topological polar surface area (TPSA) is 110 Å². The van der Waals surface area contributed by atoms with Gasteiger partial charge in [-0.3, -0.25) is 4.79 Å². The summed E-state index contributed by atoms with van der Waals surface area (Å²) in [5.74, 6) is 1.59. The highest BCUT2D eigenvalue weighted by atomic mass is 32.2. The summed E-state index contributed by atoms with van der Waals surface area (Å²) in [6.07, 6.45) is 1.93. The number of nitrogens with one attached hydrogen (secondary N) is 1. The largest absolute Gasteiger partial charge is 0.497 e. The second-order valence-corrected chi connectivity index (χ2v) is 7.33. The first-order valence-corrected chi connectivity index (χ1v) is 9.38. The minimum absolute atomic E-state index is 0.0903. The van der Waals surface area contributed by atoms with Gasteiger partial charge in [0.25, 0.3) is 5.22 Å². The van der Waals surface area contributed by atoms with Crippen molar-refractivity contribution in [3.63, 3.8) is 0 Å². The van der Waals surface area contributed by atoms with Crippen molar-refractivity contribution in [1.29, 1.82) is 5.26 Å². The predicted octanol–water partition coefficient (Wildman–Crippen LogP) is 2.65. The second kappa shape index (κ2) is 7.88. The molecule has 1 aromatic carbocycles. The van der Waals surface area contributed by atoms with E-state index in [1.165, 1.54) is 0 Å². The molecule has 1 atom stereocenters. The summed E-state index contributed by atoms with van der Waals surface area (Å²) in [7, 11) is 3.12. The molecule has 1 aliphatic carbocycles. The van der Waals surface area contributed by atoms with E-state index in [0.717, 1.165) is 24.6 Å². The van der Waals surface area contributed by atoms with Crippen LogP contribution in [-0.4, -0.2) is 41.6 Å². The molecule has 1 heterocycles. The van der Waals surface area contributed by atoms with Crippen molar-refractivity contribution in [2.75, 3.05) is 20.0 Å². The molecule has 0 unspecified atom stereocenters. The summed E-state index contributed by atoms with van der Waals surface area (Å²) in [5, 5.41) is 20.4. The van der Waals surface area contributed by atoms with Crippen molar-refractivity contribution in [1.82, 2.24) is 15.5 Å². The lowest BCUT2D eigenvalue weighted by molar-refractivity contribution is -0.119. The van der Waals surface area contributed by atoms with E-state index in [9.17, 15) is 10.1 Å². The molecular weight excluding hydrogens is 368 g/mol. The molecule has 0 saturated heterocycles. The molecule has 0 bridgehead atoms. The number of thioether (sulfide) groups is 1. The lowest BCUT2D eigenvalue weighted by Crippen LogP contribution is -2.47. The predicted molar refractivity (Wildman–Crippen MR) is 98.4 cm³/mol. The Hall–Kier alpha value is -2.73. The smallest absolute Gasteiger partial charge is 0.277 e. The van der Waals surface area contributed by atoms with Gasteiger partial charge in [-0.2, -0.15) is 5.26 Å². The molecule has 0 aliphatic heterocycles. The standard InChI is InChI=1S/C18H20N4O4S/c1-18(10-19,12-4-5-12)20-15(23)9-27-17-22-21-16(26-17)11-6-13(24-2)8-14(7-11)25-3/h6-8,12H,4-5,9H2,1-3H3,(H,20,23)/t18-/m1/s1. The minimum Gasteiger partial charge on any atom is -0.497 e. The Bertz CT molecular complexity index is 852. The van der Waals surface area contributed by atoms with Crippen LogP contribution < -0.4 is 14.8 Å². The molecule has 1 aliphatic rings. The second-order valence-electron chi connectivity index (χ2n) is 6.40. The van der Waals surface area contributed by atoms with Crippen molar-refractivity contribution in [2.24, 2.45) is 5.92 Å². The number of methoxy groups -OCH3 is 2. The maximum Gasteiger partial charge on any atom is 0.277 e. The van der Waals surface area contributed by atoms with Crippen LogP contribution in [0.4, 0.5) is 0 Å². The molecule has 1 N–H and O–H groups in total. The molecule has 8 nitrogen and oxygen atoms in total. The van der Waals surface area contributed by atoms with Gasteiger partial charge < -0.3 is 19.2 Å². The van der Waals surface area contributed by atoms with E-state index >= 15 is 0 Å². The van der Waals surface area contributed by atoms with Gasteiger partial charge in [-0.1, -0.05) is 11.8 Å². The molecule has 27 heavy (non-hydrogen) atoms. The Morgan fingerprint density at radius 2 is 2.00 bits per heavy atom. The molecule has 9 heteroatoms. The molecule has 2 aromatic rings. The lowest BCUT2D eigenvalue weighted by Gasteiger charge is -2.22. The van der Waals surface area contributed by atoms with E-state index < -0.39 is 5.54 Å². The van der Waals surface area contributed by atoms with Crippen LogP contribution >= 0.6 is 11.8 Å². The number of rotatable bonds is 8. The summed E-state index contributed by atoms with van der Waals surface area (Å²) in [6.45, 7) is 1.76. The van der Waals surface area contributed by atoms with E-state index in [1.54, 1.807) is 39.3 Å². The van der Waals surface area contributed by atoms with E-state index in [1.807, 2.05) is 0 Å². The van der Waals surface area contributed by atoms with Crippen LogP contribution in [0.1, 0.15) is 19.8 Å². The normalized spacial score (nSPS) is 15.5. The van der Waals surface area contributed by atoms with Crippen LogP contribution in [0.5, 0.6) is 11.5 Å². The SMILES string of the molecule is COc1cc(OC)cc(-c2nnc(SCC(=O)N[C@](C)(C#N)C3CC3)o2)c1. The summed E-state index contributed by atoms with van der Waals surface area (Å²) in [6, 6.07) is 7.45. The molecule has 0 radical (unpaired) electrons. The number of hydrogen-bond donors (Lipinski definition) is 1. The third-order valence-electron chi connectivity index (χ3n) is 4.36. The van der Waals surface area contributed by atoms with Crippen molar-refractivity contribution in [2.45, 2.75) is 30.5 Å². The Morgan fingerprint density at radius 3 is 2.56 bits per heavy atom. The monoisotopic (exact) mass is 388 g/mol. The van der Waals surface area contributed by atoms with Gasteiger partial charge in [-0.05, 0) is 37.8 Å². The Labute approximate surface area is 161 Å². The van der Waals surface area contributed by atoms with E-state index in [2.05, 4.69) is 21.6 Å². The number of carbonyl (C=O) groups is 1. The molecular formula is C18H20N4O4S. The zero-order chi connectivity index (χ0) is 19.4. The molecule has 1 saturated carbocycles. The van der Waals surface area contributed by atoms with Gasteiger partial charge >= 0.3 is 0 Å². The fraction of sp³-hybridized carbons (Fsp3) is 0.444. The highest BCUT2D eigenvalue weighted by molar-refractivity contribution is 7.99. The zero-order valence-corrected chi connectivity index (χ0v) is 16.1. The quantitative estimate of drug-likeness (QED) is 0.687. The zero-order valence-electron chi connectivity index (χ0n) is 15.3. The third-order valence-corrected chi connectivity index (χ3v) is 5.18. The van der Waals surface area contributed by atoms with Crippen LogP contribution in [0, 0.1) is 17.2 Å². The van der Waals surface area contributed by atoms with E-state index in [0.29, 0.717) is 23.0 Å². The van der Waals surface area contributed by atoms with Gasteiger partial charge in [-0.15, -0.1) is 10.2 Å². The van der Waals surface area contributed by atoms with Crippen LogP contribution in [0.2, 0.25) is 0 Å². The Morgan fingerprint density at radius 1 is 1.33 bits per heavy atom. The first-order valence-electron chi connectivity index (χ1n) is 8.39. The fourth-order valence-corrected chi connectivity index (χ4v) is 3.21.